The summed E-state index contributed by atoms with van der Waals surface area (Å²) in [5, 5.41) is 5.60. The summed E-state index contributed by atoms with van der Waals surface area (Å²) in [4.78, 5) is 3.78. The topological polar surface area (TPSA) is 24.5 Å². The van der Waals surface area contributed by atoms with Crippen molar-refractivity contribution in [3.05, 3.63) is 22.4 Å². The van der Waals surface area contributed by atoms with Gasteiger partial charge in [-0.2, -0.15) is 0 Å². The lowest BCUT2D eigenvalue weighted by Crippen LogP contribution is -2.45. The summed E-state index contributed by atoms with van der Waals surface area (Å²) in [6, 6.07) is 4.30. The molecule has 1 aromatic rings. The van der Waals surface area contributed by atoms with Gasteiger partial charge in [0.2, 0.25) is 0 Å². The minimum Gasteiger partial charge on any atom is -0.374 e. The summed E-state index contributed by atoms with van der Waals surface area (Å²) >= 11 is 1.83. The molecular weight excluding hydrogens is 220 g/mol. The highest BCUT2D eigenvalue weighted by Crippen LogP contribution is 2.08. The number of nitrogens with zero attached hydrogens (tertiary/aromatic N) is 1. The molecule has 0 aliphatic carbocycles. The van der Waals surface area contributed by atoms with Crippen molar-refractivity contribution in [2.45, 2.75) is 12.5 Å². The van der Waals surface area contributed by atoms with Gasteiger partial charge in [0.1, 0.15) is 0 Å². The lowest BCUT2D eigenvalue weighted by atomic mass is 10.2. The Morgan fingerprint density at radius 2 is 2.56 bits per heavy atom. The molecule has 0 spiro atoms. The average molecular weight is 240 g/mol. The van der Waals surface area contributed by atoms with Gasteiger partial charge in [0, 0.05) is 31.1 Å². The predicted octanol–water partition coefficient (Wildman–Crippen LogP) is 1.21. The maximum absolute atomic E-state index is 5.68. The van der Waals surface area contributed by atoms with Gasteiger partial charge in [-0.1, -0.05) is 6.07 Å². The summed E-state index contributed by atoms with van der Waals surface area (Å²) in [5.74, 6) is 0. The second-order valence-corrected chi connectivity index (χ2v) is 5.32. The van der Waals surface area contributed by atoms with Crippen LogP contribution in [-0.2, 0) is 11.2 Å². The molecule has 1 aliphatic rings. The van der Waals surface area contributed by atoms with E-state index in [-0.39, 0.29) is 0 Å². The van der Waals surface area contributed by atoms with Gasteiger partial charge in [-0.25, -0.2) is 0 Å². The largest absolute Gasteiger partial charge is 0.374 e. The SMILES string of the molecule is CN1CCOC(CNCCc2cccs2)C1. The number of rotatable bonds is 5. The molecule has 1 saturated heterocycles. The second kappa shape index (κ2) is 6.35. The van der Waals surface area contributed by atoms with Crippen molar-refractivity contribution in [1.29, 1.82) is 0 Å². The first-order valence-corrected chi connectivity index (χ1v) is 6.76. The van der Waals surface area contributed by atoms with Crippen molar-refractivity contribution >= 4 is 11.3 Å². The summed E-state index contributed by atoms with van der Waals surface area (Å²) in [7, 11) is 2.15. The first-order chi connectivity index (χ1) is 7.84. The normalized spacial score (nSPS) is 22.4. The minimum atomic E-state index is 0.363. The molecule has 1 fully saturated rings. The third-order valence-corrected chi connectivity index (χ3v) is 3.78. The van der Waals surface area contributed by atoms with Crippen molar-refractivity contribution in [2.24, 2.45) is 0 Å². The van der Waals surface area contributed by atoms with Crippen molar-refractivity contribution in [2.75, 3.05) is 39.8 Å². The fraction of sp³-hybridized carbons (Fsp3) is 0.667. The Morgan fingerprint density at radius 3 is 3.31 bits per heavy atom. The summed E-state index contributed by atoms with van der Waals surface area (Å²) in [6.07, 6.45) is 1.49. The van der Waals surface area contributed by atoms with Crippen molar-refractivity contribution in [1.82, 2.24) is 10.2 Å². The van der Waals surface area contributed by atoms with Crippen molar-refractivity contribution < 1.29 is 4.74 Å². The van der Waals surface area contributed by atoms with Crippen LogP contribution in [0, 0.1) is 0 Å². The van der Waals surface area contributed by atoms with E-state index in [0.717, 1.165) is 39.2 Å². The molecule has 3 nitrogen and oxygen atoms in total. The molecular formula is C12H20N2OS. The molecule has 1 N–H and O–H groups in total. The molecule has 0 bridgehead atoms. The van der Waals surface area contributed by atoms with E-state index in [1.807, 2.05) is 11.3 Å². The number of hydrogen-bond donors (Lipinski definition) is 1. The quantitative estimate of drug-likeness (QED) is 0.783. The van der Waals surface area contributed by atoms with E-state index >= 15 is 0 Å². The van der Waals surface area contributed by atoms with Gasteiger partial charge < -0.3 is 15.0 Å². The second-order valence-electron chi connectivity index (χ2n) is 4.29. The lowest BCUT2D eigenvalue weighted by molar-refractivity contribution is -0.0179. The standard InChI is InChI=1S/C12H20N2OS/c1-14-6-7-15-11(10-14)9-13-5-4-12-3-2-8-16-12/h2-3,8,11,13H,4-7,9-10H2,1H3. The van der Waals surface area contributed by atoms with Crippen LogP contribution in [0.4, 0.5) is 0 Å². The highest BCUT2D eigenvalue weighted by atomic mass is 32.1. The number of ether oxygens (including phenoxy) is 1. The molecule has 0 amide bonds. The van der Waals surface area contributed by atoms with Crippen LogP contribution in [0.3, 0.4) is 0 Å². The third kappa shape index (κ3) is 3.87. The van der Waals surface area contributed by atoms with E-state index in [4.69, 9.17) is 4.74 Å². The number of morpholine rings is 1. The Hall–Kier alpha value is -0.420. The first kappa shape index (κ1) is 12.0. The van der Waals surface area contributed by atoms with Crippen molar-refractivity contribution in [3.8, 4) is 0 Å². The number of hydrogen-bond acceptors (Lipinski definition) is 4. The molecule has 0 saturated carbocycles. The fourth-order valence-corrected chi connectivity index (χ4v) is 2.63. The average Bonchev–Trinajstić information content (AvgIpc) is 2.77. The van der Waals surface area contributed by atoms with E-state index in [0.29, 0.717) is 6.10 Å². The first-order valence-electron chi connectivity index (χ1n) is 5.88. The zero-order chi connectivity index (χ0) is 11.2. The van der Waals surface area contributed by atoms with Gasteiger partial charge in [0.15, 0.2) is 0 Å². The van der Waals surface area contributed by atoms with Gasteiger partial charge >= 0.3 is 0 Å². The molecule has 1 aliphatic heterocycles. The molecule has 0 aromatic carbocycles. The molecule has 16 heavy (non-hydrogen) atoms. The van der Waals surface area contributed by atoms with Gasteiger partial charge in [-0.05, 0) is 24.9 Å². The van der Waals surface area contributed by atoms with E-state index in [9.17, 15) is 0 Å². The van der Waals surface area contributed by atoms with Crippen LogP contribution < -0.4 is 5.32 Å². The van der Waals surface area contributed by atoms with Gasteiger partial charge in [-0.15, -0.1) is 11.3 Å². The number of thiophene rings is 1. The van der Waals surface area contributed by atoms with E-state index in [1.54, 1.807) is 0 Å². The molecule has 2 rings (SSSR count). The van der Waals surface area contributed by atoms with Crippen molar-refractivity contribution in [3.63, 3.8) is 0 Å². The van der Waals surface area contributed by atoms with Crippen LogP contribution in [0.25, 0.3) is 0 Å². The van der Waals surface area contributed by atoms with Gasteiger partial charge in [-0.3, -0.25) is 0 Å². The van der Waals surface area contributed by atoms with E-state index in [2.05, 4.69) is 34.8 Å². The molecule has 0 radical (unpaired) electrons. The minimum absolute atomic E-state index is 0.363. The molecule has 4 heteroatoms. The highest BCUT2D eigenvalue weighted by molar-refractivity contribution is 7.09. The zero-order valence-corrected chi connectivity index (χ0v) is 10.6. The fourth-order valence-electron chi connectivity index (χ4n) is 1.92. The van der Waals surface area contributed by atoms with Gasteiger partial charge in [0.25, 0.3) is 0 Å². The number of nitrogens with one attached hydrogen (secondary N) is 1. The molecule has 1 atom stereocenters. The Balaban J connectivity index is 1.57. The van der Waals surface area contributed by atoms with Crippen LogP contribution >= 0.6 is 11.3 Å². The Morgan fingerprint density at radius 1 is 1.62 bits per heavy atom. The number of likely N-dealkylation sites (N-methyl/N-ethyl adjacent to an activating group) is 1. The predicted molar refractivity (Wildman–Crippen MR) is 68.1 cm³/mol. The van der Waals surface area contributed by atoms with Crippen LogP contribution in [0.2, 0.25) is 0 Å². The zero-order valence-electron chi connectivity index (χ0n) is 9.82. The van der Waals surface area contributed by atoms with Crippen LogP contribution in [0.15, 0.2) is 17.5 Å². The van der Waals surface area contributed by atoms with Crippen LogP contribution in [0.5, 0.6) is 0 Å². The van der Waals surface area contributed by atoms with E-state index in [1.165, 1.54) is 4.88 Å². The summed E-state index contributed by atoms with van der Waals surface area (Å²) in [6.45, 7) is 4.99. The highest BCUT2D eigenvalue weighted by Gasteiger charge is 2.16. The maximum Gasteiger partial charge on any atom is 0.0826 e. The molecule has 2 heterocycles. The molecule has 1 unspecified atom stereocenters. The van der Waals surface area contributed by atoms with Crippen LogP contribution in [-0.4, -0.2) is 50.8 Å². The third-order valence-electron chi connectivity index (χ3n) is 2.84. The smallest absolute Gasteiger partial charge is 0.0826 e. The van der Waals surface area contributed by atoms with E-state index < -0.39 is 0 Å². The summed E-state index contributed by atoms with van der Waals surface area (Å²) < 4.78 is 5.68. The molecule has 1 aromatic heterocycles. The Kier molecular flexibility index (Phi) is 4.78. The maximum atomic E-state index is 5.68. The van der Waals surface area contributed by atoms with Crippen LogP contribution in [0.1, 0.15) is 4.88 Å². The monoisotopic (exact) mass is 240 g/mol. The summed E-state index contributed by atoms with van der Waals surface area (Å²) in [5.41, 5.74) is 0. The molecule has 90 valence electrons. The van der Waals surface area contributed by atoms with Gasteiger partial charge in [0.05, 0.1) is 12.7 Å². The lowest BCUT2D eigenvalue weighted by Gasteiger charge is -2.30. The Bertz CT molecular complexity index is 289. The Labute approximate surface area is 101 Å².